The quantitative estimate of drug-likeness (QED) is 0.515. The van der Waals surface area contributed by atoms with Crippen LogP contribution in [0.25, 0.3) is 0 Å². The number of benzene rings is 3. The zero-order chi connectivity index (χ0) is 22.7. The molecule has 0 aromatic heterocycles. The molecule has 0 saturated carbocycles. The van der Waals surface area contributed by atoms with Crippen LogP contribution in [0.5, 0.6) is 0 Å². The number of hydrogen-bond acceptors (Lipinski definition) is 3. The summed E-state index contributed by atoms with van der Waals surface area (Å²) in [6, 6.07) is 19.0. The highest BCUT2D eigenvalue weighted by Crippen LogP contribution is 2.22. The molecule has 0 spiro atoms. The second kappa shape index (κ2) is 9.63. The second-order valence-corrected chi connectivity index (χ2v) is 8.42. The van der Waals surface area contributed by atoms with Crippen molar-refractivity contribution in [2.24, 2.45) is 0 Å². The SMILES string of the molecule is Cc1ccc(C(=O)c2ccccc2C(=O)N2CCN(Cc3c(F)cccc3Cl)CC2)cc1. The van der Waals surface area contributed by atoms with E-state index in [0.29, 0.717) is 60.0 Å². The fourth-order valence-corrected chi connectivity index (χ4v) is 4.14. The van der Waals surface area contributed by atoms with Crippen LogP contribution in [0.1, 0.15) is 37.4 Å². The topological polar surface area (TPSA) is 40.6 Å². The molecule has 164 valence electrons. The number of carbonyl (C=O) groups is 2. The van der Waals surface area contributed by atoms with Gasteiger partial charge in [-0.2, -0.15) is 0 Å². The number of halogens is 2. The largest absolute Gasteiger partial charge is 0.336 e. The van der Waals surface area contributed by atoms with Crippen LogP contribution in [0.3, 0.4) is 0 Å². The van der Waals surface area contributed by atoms with Gasteiger partial charge in [-0.15, -0.1) is 0 Å². The predicted molar refractivity (Wildman–Crippen MR) is 124 cm³/mol. The van der Waals surface area contributed by atoms with Crippen LogP contribution in [-0.2, 0) is 6.54 Å². The van der Waals surface area contributed by atoms with E-state index in [2.05, 4.69) is 4.90 Å². The third-order valence-corrected chi connectivity index (χ3v) is 6.17. The molecule has 0 bridgehead atoms. The Kier molecular flexibility index (Phi) is 6.68. The molecule has 4 nitrogen and oxygen atoms in total. The number of nitrogens with zero attached hydrogens (tertiary/aromatic N) is 2. The summed E-state index contributed by atoms with van der Waals surface area (Å²) in [6.45, 7) is 4.56. The van der Waals surface area contributed by atoms with Crippen molar-refractivity contribution in [3.8, 4) is 0 Å². The van der Waals surface area contributed by atoms with E-state index < -0.39 is 0 Å². The lowest BCUT2D eigenvalue weighted by Gasteiger charge is -2.35. The van der Waals surface area contributed by atoms with Gasteiger partial charge in [-0.05, 0) is 25.1 Å². The van der Waals surface area contributed by atoms with E-state index in [-0.39, 0.29) is 17.5 Å². The third-order valence-electron chi connectivity index (χ3n) is 5.82. The van der Waals surface area contributed by atoms with E-state index in [1.165, 1.54) is 6.07 Å². The zero-order valence-corrected chi connectivity index (χ0v) is 18.6. The molecule has 0 N–H and O–H groups in total. The highest BCUT2D eigenvalue weighted by Gasteiger charge is 2.26. The van der Waals surface area contributed by atoms with Crippen molar-refractivity contribution in [2.75, 3.05) is 26.2 Å². The molecule has 0 unspecified atom stereocenters. The Morgan fingerprint density at radius 2 is 1.53 bits per heavy atom. The molecule has 6 heteroatoms. The van der Waals surface area contributed by atoms with Crippen molar-refractivity contribution in [3.63, 3.8) is 0 Å². The van der Waals surface area contributed by atoms with Gasteiger partial charge in [0.2, 0.25) is 0 Å². The predicted octanol–water partition coefficient (Wildman–Crippen LogP) is 4.98. The smallest absolute Gasteiger partial charge is 0.254 e. The molecule has 1 heterocycles. The van der Waals surface area contributed by atoms with Crippen LogP contribution in [0.15, 0.2) is 66.7 Å². The Morgan fingerprint density at radius 1 is 0.875 bits per heavy atom. The van der Waals surface area contributed by atoms with Crippen molar-refractivity contribution < 1.29 is 14.0 Å². The van der Waals surface area contributed by atoms with Gasteiger partial charge in [0.1, 0.15) is 5.82 Å². The molecule has 0 radical (unpaired) electrons. The molecule has 1 fully saturated rings. The molecule has 0 atom stereocenters. The second-order valence-electron chi connectivity index (χ2n) is 8.01. The van der Waals surface area contributed by atoms with Gasteiger partial charge >= 0.3 is 0 Å². The first kappa shape index (κ1) is 22.2. The fourth-order valence-electron chi connectivity index (χ4n) is 3.91. The van der Waals surface area contributed by atoms with Gasteiger partial charge in [0.15, 0.2) is 5.78 Å². The third kappa shape index (κ3) is 4.74. The molecule has 1 amide bonds. The van der Waals surface area contributed by atoms with Crippen LogP contribution in [0.2, 0.25) is 5.02 Å². The highest BCUT2D eigenvalue weighted by molar-refractivity contribution is 6.31. The molecule has 1 aliphatic rings. The monoisotopic (exact) mass is 450 g/mol. The number of amides is 1. The normalized spacial score (nSPS) is 14.4. The van der Waals surface area contributed by atoms with Gasteiger partial charge < -0.3 is 4.90 Å². The number of carbonyl (C=O) groups excluding carboxylic acids is 2. The number of ketones is 1. The van der Waals surface area contributed by atoms with Gasteiger partial charge in [-0.3, -0.25) is 14.5 Å². The summed E-state index contributed by atoms with van der Waals surface area (Å²) in [4.78, 5) is 30.1. The zero-order valence-electron chi connectivity index (χ0n) is 17.9. The van der Waals surface area contributed by atoms with Crippen LogP contribution in [-0.4, -0.2) is 47.7 Å². The summed E-state index contributed by atoms with van der Waals surface area (Å²) >= 11 is 6.15. The molecule has 32 heavy (non-hydrogen) atoms. The van der Waals surface area contributed by atoms with Gasteiger partial charge in [0, 0.05) is 54.4 Å². The van der Waals surface area contributed by atoms with Crippen LogP contribution < -0.4 is 0 Å². The lowest BCUT2D eigenvalue weighted by atomic mass is 9.97. The van der Waals surface area contributed by atoms with Crippen LogP contribution in [0, 0.1) is 12.7 Å². The molecule has 3 aromatic carbocycles. The van der Waals surface area contributed by atoms with Crippen LogP contribution in [0.4, 0.5) is 4.39 Å². The average Bonchev–Trinajstić information content (AvgIpc) is 2.81. The summed E-state index contributed by atoms with van der Waals surface area (Å²) in [5.74, 6) is -0.647. The minimum Gasteiger partial charge on any atom is -0.336 e. The van der Waals surface area contributed by atoms with Gasteiger partial charge in [-0.25, -0.2) is 4.39 Å². The van der Waals surface area contributed by atoms with E-state index in [9.17, 15) is 14.0 Å². The maximum absolute atomic E-state index is 14.1. The number of hydrogen-bond donors (Lipinski definition) is 0. The minimum absolute atomic E-state index is 0.162. The van der Waals surface area contributed by atoms with E-state index in [0.717, 1.165) is 5.56 Å². The fraction of sp³-hybridized carbons (Fsp3) is 0.231. The molecule has 0 aliphatic carbocycles. The number of rotatable bonds is 5. The van der Waals surface area contributed by atoms with Gasteiger partial charge in [0.25, 0.3) is 5.91 Å². The maximum Gasteiger partial charge on any atom is 0.254 e. The standard InChI is InChI=1S/C26H24ClFN2O2/c1-18-9-11-19(12-10-18)25(31)20-5-2-3-6-21(20)26(32)30-15-13-29(14-16-30)17-22-23(27)7-4-8-24(22)28/h2-12H,13-17H2,1H3. The van der Waals surface area contributed by atoms with Gasteiger partial charge in [-0.1, -0.05) is 65.7 Å². The molecule has 1 saturated heterocycles. The average molecular weight is 451 g/mol. The molecular formula is C26H24ClFN2O2. The van der Waals surface area contributed by atoms with Crippen molar-refractivity contribution in [3.05, 3.63) is 105 Å². The Bertz CT molecular complexity index is 1120. The molecule has 3 aromatic rings. The summed E-state index contributed by atoms with van der Waals surface area (Å²) in [5.41, 5.74) is 2.91. The van der Waals surface area contributed by atoms with E-state index in [1.54, 1.807) is 53.4 Å². The first-order valence-corrected chi connectivity index (χ1v) is 11.0. The first-order chi connectivity index (χ1) is 15.4. The van der Waals surface area contributed by atoms with Gasteiger partial charge in [0.05, 0.1) is 5.56 Å². The van der Waals surface area contributed by atoms with Crippen molar-refractivity contribution in [1.82, 2.24) is 9.80 Å². The summed E-state index contributed by atoms with van der Waals surface area (Å²) < 4.78 is 14.1. The summed E-state index contributed by atoms with van der Waals surface area (Å²) in [6.07, 6.45) is 0. The van der Waals surface area contributed by atoms with Crippen molar-refractivity contribution in [1.29, 1.82) is 0 Å². The van der Waals surface area contributed by atoms with Crippen molar-refractivity contribution >= 4 is 23.3 Å². The Labute approximate surface area is 192 Å². The lowest BCUT2D eigenvalue weighted by Crippen LogP contribution is -2.48. The minimum atomic E-state index is -0.320. The highest BCUT2D eigenvalue weighted by atomic mass is 35.5. The summed E-state index contributed by atoms with van der Waals surface area (Å²) in [5, 5.41) is 0.409. The molecular weight excluding hydrogens is 427 g/mol. The Balaban J connectivity index is 1.46. The van der Waals surface area contributed by atoms with Crippen molar-refractivity contribution in [2.45, 2.75) is 13.5 Å². The van der Waals surface area contributed by atoms with E-state index in [1.807, 2.05) is 19.1 Å². The number of aryl methyl sites for hydroxylation is 1. The van der Waals surface area contributed by atoms with Crippen LogP contribution >= 0.6 is 11.6 Å². The first-order valence-electron chi connectivity index (χ1n) is 10.6. The molecule has 4 rings (SSSR count). The lowest BCUT2D eigenvalue weighted by molar-refractivity contribution is 0.0624. The van der Waals surface area contributed by atoms with E-state index in [4.69, 9.17) is 11.6 Å². The Morgan fingerprint density at radius 3 is 2.19 bits per heavy atom. The molecule has 1 aliphatic heterocycles. The summed E-state index contributed by atoms with van der Waals surface area (Å²) in [7, 11) is 0. The van der Waals surface area contributed by atoms with E-state index >= 15 is 0 Å². The maximum atomic E-state index is 14.1. The Hall–Kier alpha value is -3.02. The number of piperazine rings is 1.